The highest BCUT2D eigenvalue weighted by atomic mass is 35.5. The normalized spacial score (nSPS) is 14.6. The van der Waals surface area contributed by atoms with Crippen LogP contribution in [0.25, 0.3) is 11.7 Å². The van der Waals surface area contributed by atoms with Gasteiger partial charge in [-0.05, 0) is 42.8 Å². The summed E-state index contributed by atoms with van der Waals surface area (Å²) in [5.74, 6) is 0.126. The summed E-state index contributed by atoms with van der Waals surface area (Å²) in [7, 11) is 0. The highest BCUT2D eigenvalue weighted by Crippen LogP contribution is 2.36. The molecule has 1 aliphatic heterocycles. The number of aromatic nitrogens is 2. The monoisotopic (exact) mass is 617 g/mol. The molecule has 0 radical (unpaired) electrons. The first kappa shape index (κ1) is 30.6. The van der Waals surface area contributed by atoms with E-state index >= 15 is 0 Å². The van der Waals surface area contributed by atoms with Gasteiger partial charge in [0.15, 0.2) is 0 Å². The predicted molar refractivity (Wildman–Crippen MR) is 170 cm³/mol. The summed E-state index contributed by atoms with van der Waals surface area (Å²) >= 11 is 19.1. The van der Waals surface area contributed by atoms with Crippen molar-refractivity contribution in [2.24, 2.45) is 0 Å². The van der Waals surface area contributed by atoms with E-state index < -0.39 is 0 Å². The number of rotatable bonds is 14. The molecule has 1 saturated heterocycles. The summed E-state index contributed by atoms with van der Waals surface area (Å²) in [5, 5.41) is 0.728. The van der Waals surface area contributed by atoms with Gasteiger partial charge in [-0.2, -0.15) is 4.98 Å². The van der Waals surface area contributed by atoms with Gasteiger partial charge in [-0.25, -0.2) is 0 Å². The van der Waals surface area contributed by atoms with E-state index in [1.165, 1.54) is 67.2 Å². The van der Waals surface area contributed by atoms with Gasteiger partial charge in [0.05, 0.1) is 9.93 Å². The third kappa shape index (κ3) is 7.87. The van der Waals surface area contributed by atoms with Crippen LogP contribution in [0.3, 0.4) is 0 Å². The second kappa shape index (κ2) is 15.0. The number of fused-ring (bicyclic) bond motifs is 1. The summed E-state index contributed by atoms with van der Waals surface area (Å²) in [6.07, 6.45) is 15.3. The molecule has 4 rings (SSSR count). The minimum absolute atomic E-state index is 0.0420. The summed E-state index contributed by atoms with van der Waals surface area (Å²) in [4.78, 5) is 33.3. The number of benzene rings is 1. The molecule has 1 amide bonds. The summed E-state index contributed by atoms with van der Waals surface area (Å²) < 4.78 is 7.90. The SMILES string of the molecule is CCCCCCCCCCCCN1C(=O)/C(=C\c2c(Oc3ccc(Cl)cc3Cl)nc3ccccn3c2=O)SC1=S. The fraction of sp³-hybridized carbons (Fsp3) is 0.400. The lowest BCUT2D eigenvalue weighted by molar-refractivity contribution is -0.122. The lowest BCUT2D eigenvalue weighted by Crippen LogP contribution is -2.29. The van der Waals surface area contributed by atoms with Crippen molar-refractivity contribution in [3.05, 3.63) is 73.5 Å². The van der Waals surface area contributed by atoms with Crippen molar-refractivity contribution in [2.75, 3.05) is 6.54 Å². The van der Waals surface area contributed by atoms with E-state index in [4.69, 9.17) is 40.2 Å². The van der Waals surface area contributed by atoms with Crippen LogP contribution in [0.1, 0.15) is 76.7 Å². The van der Waals surface area contributed by atoms with Crippen LogP contribution >= 0.6 is 47.2 Å². The van der Waals surface area contributed by atoms with Gasteiger partial charge < -0.3 is 4.74 Å². The maximum absolute atomic E-state index is 13.5. The van der Waals surface area contributed by atoms with Gasteiger partial charge in [0.2, 0.25) is 5.88 Å². The van der Waals surface area contributed by atoms with E-state index in [1.807, 2.05) is 0 Å². The zero-order valence-corrected chi connectivity index (χ0v) is 25.7. The first-order chi connectivity index (χ1) is 19.4. The highest BCUT2D eigenvalue weighted by molar-refractivity contribution is 8.26. The summed E-state index contributed by atoms with van der Waals surface area (Å²) in [6.45, 7) is 2.80. The fourth-order valence-corrected chi connectivity index (χ4v) is 6.26. The molecule has 0 saturated carbocycles. The molecule has 3 aromatic rings. The van der Waals surface area contributed by atoms with Crippen molar-refractivity contribution in [3.8, 4) is 11.6 Å². The lowest BCUT2D eigenvalue weighted by atomic mass is 10.1. The van der Waals surface area contributed by atoms with Gasteiger partial charge >= 0.3 is 0 Å². The number of hydrogen-bond acceptors (Lipinski definition) is 6. The average molecular weight is 619 g/mol. The molecule has 212 valence electrons. The Kier molecular flexibility index (Phi) is 11.5. The molecule has 2 aromatic heterocycles. The number of carbonyl (C=O) groups excluding carboxylic acids is 1. The molecule has 40 heavy (non-hydrogen) atoms. The van der Waals surface area contributed by atoms with E-state index in [0.717, 1.165) is 19.3 Å². The quantitative estimate of drug-likeness (QED) is 0.102. The molecule has 0 bridgehead atoms. The smallest absolute Gasteiger partial charge is 0.269 e. The number of amides is 1. The molecule has 10 heteroatoms. The van der Waals surface area contributed by atoms with Gasteiger partial charge in [0, 0.05) is 17.8 Å². The van der Waals surface area contributed by atoms with Crippen LogP contribution < -0.4 is 10.3 Å². The van der Waals surface area contributed by atoms with E-state index in [-0.39, 0.29) is 27.9 Å². The van der Waals surface area contributed by atoms with Gasteiger partial charge in [0.25, 0.3) is 11.5 Å². The molecule has 1 fully saturated rings. The Morgan fingerprint density at radius 2 is 1.68 bits per heavy atom. The Morgan fingerprint density at radius 1 is 0.975 bits per heavy atom. The number of halogens is 2. The zero-order chi connectivity index (χ0) is 28.5. The molecule has 1 aromatic carbocycles. The molecule has 0 N–H and O–H groups in total. The van der Waals surface area contributed by atoms with Crippen molar-refractivity contribution in [3.63, 3.8) is 0 Å². The Morgan fingerprint density at radius 3 is 2.38 bits per heavy atom. The van der Waals surface area contributed by atoms with Gasteiger partial charge in [-0.15, -0.1) is 0 Å². The van der Waals surface area contributed by atoms with Crippen molar-refractivity contribution in [1.29, 1.82) is 0 Å². The third-order valence-corrected chi connectivity index (χ3v) is 8.63. The first-order valence-corrected chi connectivity index (χ1v) is 15.8. The third-order valence-electron chi connectivity index (χ3n) is 6.72. The van der Waals surface area contributed by atoms with Crippen molar-refractivity contribution in [1.82, 2.24) is 14.3 Å². The van der Waals surface area contributed by atoms with Crippen LogP contribution in [-0.4, -0.2) is 31.1 Å². The minimum atomic E-state index is -0.370. The van der Waals surface area contributed by atoms with Crippen LogP contribution in [0, 0.1) is 0 Å². The van der Waals surface area contributed by atoms with E-state index in [1.54, 1.807) is 47.5 Å². The second-order valence-electron chi connectivity index (χ2n) is 9.76. The van der Waals surface area contributed by atoms with Crippen molar-refractivity contribution in [2.45, 2.75) is 71.1 Å². The maximum atomic E-state index is 13.5. The number of ether oxygens (including phenoxy) is 1. The maximum Gasteiger partial charge on any atom is 0.269 e. The number of thiocarbonyl (C=S) groups is 1. The predicted octanol–water partition coefficient (Wildman–Crippen LogP) is 8.92. The van der Waals surface area contributed by atoms with E-state index in [9.17, 15) is 9.59 Å². The van der Waals surface area contributed by atoms with Crippen molar-refractivity contribution >= 4 is 69.1 Å². The van der Waals surface area contributed by atoms with Gasteiger partial charge in [-0.1, -0.05) is 118 Å². The molecular formula is C30H33Cl2N3O3S2. The number of pyridine rings is 1. The molecule has 0 unspecified atom stereocenters. The molecular weight excluding hydrogens is 585 g/mol. The Labute approximate surface area is 254 Å². The largest absolute Gasteiger partial charge is 0.437 e. The number of thioether (sulfide) groups is 1. The summed E-state index contributed by atoms with van der Waals surface area (Å²) in [6, 6.07) is 10.0. The zero-order valence-electron chi connectivity index (χ0n) is 22.5. The Balaban J connectivity index is 1.46. The van der Waals surface area contributed by atoms with Crippen LogP contribution in [0.4, 0.5) is 0 Å². The standard InChI is InChI=1S/C30H33Cl2N3O3S2/c1-2-3-4-5-6-7-8-9-10-12-18-35-29(37)25(40-30(35)39)20-22-27(38-24-16-15-21(31)19-23(24)32)33-26-14-11-13-17-34(26)28(22)36/h11,13-17,19-20H,2-10,12,18H2,1H3/b25-20+. The highest BCUT2D eigenvalue weighted by Gasteiger charge is 2.32. The first-order valence-electron chi connectivity index (χ1n) is 13.8. The second-order valence-corrected chi connectivity index (χ2v) is 12.3. The Hall–Kier alpha value is -2.39. The molecule has 3 heterocycles. The van der Waals surface area contributed by atoms with Crippen LogP contribution in [0.5, 0.6) is 11.6 Å². The molecule has 0 atom stereocenters. The minimum Gasteiger partial charge on any atom is -0.437 e. The van der Waals surface area contributed by atoms with Gasteiger partial charge in [-0.3, -0.25) is 18.9 Å². The van der Waals surface area contributed by atoms with E-state index in [2.05, 4.69) is 11.9 Å². The van der Waals surface area contributed by atoms with E-state index in [0.29, 0.717) is 32.2 Å². The average Bonchev–Trinajstić information content (AvgIpc) is 3.20. The lowest BCUT2D eigenvalue weighted by Gasteiger charge is -2.14. The molecule has 0 aliphatic carbocycles. The van der Waals surface area contributed by atoms with Crippen LogP contribution in [0.2, 0.25) is 10.0 Å². The number of nitrogens with zero attached hydrogens (tertiary/aromatic N) is 3. The van der Waals surface area contributed by atoms with Gasteiger partial charge in [0.1, 0.15) is 21.3 Å². The number of unbranched alkanes of at least 4 members (excludes halogenated alkanes) is 9. The fourth-order valence-electron chi connectivity index (χ4n) is 4.53. The van der Waals surface area contributed by atoms with Crippen LogP contribution in [0.15, 0.2) is 52.3 Å². The molecule has 6 nitrogen and oxygen atoms in total. The topological polar surface area (TPSA) is 63.9 Å². The molecule has 0 spiro atoms. The van der Waals surface area contributed by atoms with Crippen LogP contribution in [-0.2, 0) is 4.79 Å². The number of carbonyl (C=O) groups is 1. The Bertz CT molecular complexity index is 1460. The van der Waals surface area contributed by atoms with Crippen molar-refractivity contribution < 1.29 is 9.53 Å². The number of hydrogen-bond donors (Lipinski definition) is 0. The molecule has 1 aliphatic rings. The summed E-state index contributed by atoms with van der Waals surface area (Å²) in [5.41, 5.74) is 0.165.